The Morgan fingerprint density at radius 3 is 2.79 bits per heavy atom. The van der Waals surface area contributed by atoms with Crippen LogP contribution in [0.1, 0.15) is 12.0 Å². The first kappa shape index (κ1) is 13.9. The Bertz CT molecular complexity index is 405. The summed E-state index contributed by atoms with van der Waals surface area (Å²) in [4.78, 5) is 16.0. The molecule has 1 aliphatic rings. The molecule has 1 unspecified atom stereocenters. The molecule has 0 saturated carbocycles. The third-order valence-corrected chi connectivity index (χ3v) is 3.52. The van der Waals surface area contributed by atoms with Crippen LogP contribution in [0.4, 0.5) is 4.79 Å². The maximum atomic E-state index is 12.3. The van der Waals surface area contributed by atoms with Gasteiger partial charge in [-0.15, -0.1) is 0 Å². The lowest BCUT2D eigenvalue weighted by molar-refractivity contribution is 0.153. The highest BCUT2D eigenvalue weighted by atomic mass is 16.2. The quantitative estimate of drug-likeness (QED) is 0.877. The zero-order chi connectivity index (χ0) is 13.7. The maximum absolute atomic E-state index is 12.3. The second-order valence-corrected chi connectivity index (χ2v) is 5.27. The third-order valence-electron chi connectivity index (χ3n) is 3.52. The van der Waals surface area contributed by atoms with E-state index in [-0.39, 0.29) is 12.1 Å². The standard InChI is InChI=1S/C15H23N3O/c1-17(2)15(19)18-10-6-9-16-12-14(18)11-13-7-4-3-5-8-13/h3-5,7-8,14,16H,6,9-12H2,1-2H3. The van der Waals surface area contributed by atoms with Crippen LogP contribution in [0.5, 0.6) is 0 Å². The molecule has 1 atom stereocenters. The van der Waals surface area contributed by atoms with Crippen molar-refractivity contribution in [3.8, 4) is 0 Å². The number of carbonyl (C=O) groups is 1. The Morgan fingerprint density at radius 2 is 2.11 bits per heavy atom. The molecule has 1 aliphatic heterocycles. The van der Waals surface area contributed by atoms with Crippen LogP contribution >= 0.6 is 0 Å². The van der Waals surface area contributed by atoms with Gasteiger partial charge in [-0.25, -0.2) is 4.79 Å². The summed E-state index contributed by atoms with van der Waals surface area (Å²) in [7, 11) is 3.64. The van der Waals surface area contributed by atoms with Crippen molar-refractivity contribution in [2.24, 2.45) is 0 Å². The average molecular weight is 261 g/mol. The number of nitrogens with zero attached hydrogens (tertiary/aromatic N) is 2. The Morgan fingerprint density at radius 1 is 1.37 bits per heavy atom. The molecule has 1 aromatic carbocycles. The van der Waals surface area contributed by atoms with Gasteiger partial charge in [0.1, 0.15) is 0 Å². The Kier molecular flexibility index (Phi) is 4.80. The van der Waals surface area contributed by atoms with E-state index in [0.717, 1.165) is 32.5 Å². The molecule has 1 heterocycles. The first-order valence-corrected chi connectivity index (χ1v) is 6.91. The van der Waals surface area contributed by atoms with E-state index in [1.54, 1.807) is 4.90 Å². The van der Waals surface area contributed by atoms with E-state index in [1.165, 1.54) is 5.56 Å². The van der Waals surface area contributed by atoms with Gasteiger partial charge in [0.05, 0.1) is 0 Å². The highest BCUT2D eigenvalue weighted by Crippen LogP contribution is 2.13. The summed E-state index contributed by atoms with van der Waals surface area (Å²) in [6.45, 7) is 2.69. The van der Waals surface area contributed by atoms with Crippen molar-refractivity contribution in [2.45, 2.75) is 18.9 Å². The van der Waals surface area contributed by atoms with Gasteiger partial charge in [-0.1, -0.05) is 30.3 Å². The SMILES string of the molecule is CN(C)C(=O)N1CCCNCC1Cc1ccccc1. The fourth-order valence-electron chi connectivity index (χ4n) is 2.51. The lowest BCUT2D eigenvalue weighted by Gasteiger charge is -2.32. The number of benzene rings is 1. The van der Waals surface area contributed by atoms with E-state index in [9.17, 15) is 4.79 Å². The highest BCUT2D eigenvalue weighted by molar-refractivity contribution is 5.74. The molecule has 0 radical (unpaired) electrons. The second kappa shape index (κ2) is 6.57. The summed E-state index contributed by atoms with van der Waals surface area (Å²) in [5.41, 5.74) is 1.28. The van der Waals surface area contributed by atoms with Gasteiger partial charge in [-0.05, 0) is 24.9 Å². The van der Waals surface area contributed by atoms with E-state index in [2.05, 4.69) is 29.6 Å². The smallest absolute Gasteiger partial charge is 0.319 e. The summed E-state index contributed by atoms with van der Waals surface area (Å²) in [6.07, 6.45) is 1.93. The Hall–Kier alpha value is -1.55. The Labute approximate surface area is 115 Å². The van der Waals surface area contributed by atoms with Crippen LogP contribution in [0.15, 0.2) is 30.3 Å². The van der Waals surface area contributed by atoms with Crippen LogP contribution in [0, 0.1) is 0 Å². The van der Waals surface area contributed by atoms with Gasteiger partial charge in [0.2, 0.25) is 0 Å². The first-order chi connectivity index (χ1) is 9.18. The summed E-state index contributed by atoms with van der Waals surface area (Å²) in [5, 5.41) is 3.43. The third kappa shape index (κ3) is 3.70. The molecule has 104 valence electrons. The van der Waals surface area contributed by atoms with Gasteiger partial charge in [0.25, 0.3) is 0 Å². The number of rotatable bonds is 2. The molecule has 2 amide bonds. The van der Waals surface area contributed by atoms with Gasteiger partial charge in [0, 0.05) is 33.2 Å². The predicted octanol–water partition coefficient (Wildman–Crippen LogP) is 1.57. The lowest BCUT2D eigenvalue weighted by atomic mass is 10.0. The molecule has 1 N–H and O–H groups in total. The molecule has 1 saturated heterocycles. The van der Waals surface area contributed by atoms with Gasteiger partial charge in [0.15, 0.2) is 0 Å². The monoisotopic (exact) mass is 261 g/mol. The van der Waals surface area contributed by atoms with Gasteiger partial charge >= 0.3 is 6.03 Å². The molecular weight excluding hydrogens is 238 g/mol. The van der Waals surface area contributed by atoms with Crippen molar-refractivity contribution >= 4 is 6.03 Å². The summed E-state index contributed by atoms with van der Waals surface area (Å²) in [5.74, 6) is 0. The minimum Gasteiger partial charge on any atom is -0.331 e. The molecule has 2 rings (SSSR count). The van der Waals surface area contributed by atoms with Crippen LogP contribution in [0.25, 0.3) is 0 Å². The van der Waals surface area contributed by atoms with E-state index < -0.39 is 0 Å². The fraction of sp³-hybridized carbons (Fsp3) is 0.533. The van der Waals surface area contributed by atoms with Crippen LogP contribution in [0.2, 0.25) is 0 Å². The van der Waals surface area contributed by atoms with Crippen molar-refractivity contribution < 1.29 is 4.79 Å². The van der Waals surface area contributed by atoms with Gasteiger partial charge in [-0.2, -0.15) is 0 Å². The largest absolute Gasteiger partial charge is 0.331 e. The number of carbonyl (C=O) groups excluding carboxylic acids is 1. The molecule has 1 aromatic rings. The number of hydrogen-bond acceptors (Lipinski definition) is 2. The number of urea groups is 1. The van der Waals surface area contributed by atoms with Crippen LogP contribution in [0.3, 0.4) is 0 Å². The number of amides is 2. The molecule has 1 fully saturated rings. The zero-order valence-electron chi connectivity index (χ0n) is 11.8. The zero-order valence-corrected chi connectivity index (χ0v) is 11.8. The number of hydrogen-bond donors (Lipinski definition) is 1. The molecule has 4 nitrogen and oxygen atoms in total. The predicted molar refractivity (Wildman–Crippen MR) is 77.2 cm³/mol. The molecule has 19 heavy (non-hydrogen) atoms. The molecule has 4 heteroatoms. The topological polar surface area (TPSA) is 35.6 Å². The highest BCUT2D eigenvalue weighted by Gasteiger charge is 2.26. The molecule has 0 aliphatic carbocycles. The van der Waals surface area contributed by atoms with Gasteiger partial charge in [-0.3, -0.25) is 0 Å². The minimum absolute atomic E-state index is 0.115. The van der Waals surface area contributed by atoms with Crippen LogP contribution in [-0.2, 0) is 6.42 Å². The summed E-state index contributed by atoms with van der Waals surface area (Å²) >= 11 is 0. The number of nitrogens with one attached hydrogen (secondary N) is 1. The molecule has 0 aromatic heterocycles. The van der Waals surface area contributed by atoms with Gasteiger partial charge < -0.3 is 15.1 Å². The van der Waals surface area contributed by atoms with Crippen molar-refractivity contribution in [1.82, 2.24) is 15.1 Å². The molecular formula is C15H23N3O. The van der Waals surface area contributed by atoms with E-state index >= 15 is 0 Å². The average Bonchev–Trinajstić information content (AvgIpc) is 2.64. The minimum atomic E-state index is 0.115. The first-order valence-electron chi connectivity index (χ1n) is 6.91. The van der Waals surface area contributed by atoms with Crippen molar-refractivity contribution in [3.63, 3.8) is 0 Å². The van der Waals surface area contributed by atoms with Crippen molar-refractivity contribution in [1.29, 1.82) is 0 Å². The summed E-state index contributed by atoms with van der Waals surface area (Å²) < 4.78 is 0. The second-order valence-electron chi connectivity index (χ2n) is 5.27. The van der Waals surface area contributed by atoms with Crippen molar-refractivity contribution in [2.75, 3.05) is 33.7 Å². The lowest BCUT2D eigenvalue weighted by Crippen LogP contribution is -2.48. The summed E-state index contributed by atoms with van der Waals surface area (Å²) in [6, 6.07) is 10.7. The van der Waals surface area contributed by atoms with E-state index in [0.29, 0.717) is 0 Å². The maximum Gasteiger partial charge on any atom is 0.319 e. The molecule has 0 bridgehead atoms. The van der Waals surface area contributed by atoms with Crippen LogP contribution in [-0.4, -0.2) is 55.6 Å². The normalized spacial score (nSPS) is 19.9. The van der Waals surface area contributed by atoms with Crippen molar-refractivity contribution in [3.05, 3.63) is 35.9 Å². The Balaban J connectivity index is 2.11. The fourth-order valence-corrected chi connectivity index (χ4v) is 2.51. The van der Waals surface area contributed by atoms with Crippen LogP contribution < -0.4 is 5.32 Å². The van der Waals surface area contributed by atoms with E-state index in [4.69, 9.17) is 0 Å². The van der Waals surface area contributed by atoms with E-state index in [1.807, 2.05) is 25.1 Å². The molecule has 0 spiro atoms.